The molecule has 0 unspecified atom stereocenters. The van der Waals surface area contributed by atoms with E-state index in [0.29, 0.717) is 25.1 Å². The van der Waals surface area contributed by atoms with Crippen molar-refractivity contribution in [1.29, 1.82) is 0 Å². The van der Waals surface area contributed by atoms with Crippen molar-refractivity contribution in [3.8, 4) is 11.1 Å². The maximum Gasteiger partial charge on any atom is 0.319 e. The third kappa shape index (κ3) is 7.06. The highest BCUT2D eigenvalue weighted by atomic mass is 35.5. The standard InChI is InChI=1S/C26H26ClFN4O4S/c1-37(35,36)29-16-17-4-2-5-19(14-17)18-7-10-21(11-8-18)32-13-3-6-24(25(32)33)31-26(34)30-23-12-9-20(27)15-22(23)28/h2,4-5,7-12,14-15,24,29H,3,6,13,16H2,1H3,(H2,30,31,34)/t24-/m1/s1. The molecule has 0 aromatic heterocycles. The van der Waals surface area contributed by atoms with E-state index in [1.165, 1.54) is 12.1 Å². The van der Waals surface area contributed by atoms with Crippen molar-refractivity contribution in [3.63, 3.8) is 0 Å². The van der Waals surface area contributed by atoms with Crippen LogP contribution in [0.4, 0.5) is 20.6 Å². The molecule has 3 aromatic rings. The highest BCUT2D eigenvalue weighted by molar-refractivity contribution is 7.88. The van der Waals surface area contributed by atoms with Gasteiger partial charge in [0.25, 0.3) is 0 Å². The van der Waals surface area contributed by atoms with E-state index < -0.39 is 27.9 Å². The lowest BCUT2D eigenvalue weighted by Gasteiger charge is -2.32. The van der Waals surface area contributed by atoms with Gasteiger partial charge in [0.1, 0.15) is 11.9 Å². The van der Waals surface area contributed by atoms with Crippen LogP contribution in [0.15, 0.2) is 66.7 Å². The van der Waals surface area contributed by atoms with Gasteiger partial charge in [-0.1, -0.05) is 41.9 Å². The number of carbonyl (C=O) groups is 2. The molecule has 0 spiro atoms. The summed E-state index contributed by atoms with van der Waals surface area (Å²) >= 11 is 5.74. The monoisotopic (exact) mass is 544 g/mol. The van der Waals surface area contributed by atoms with Gasteiger partial charge in [-0.3, -0.25) is 4.79 Å². The highest BCUT2D eigenvalue weighted by Crippen LogP contribution is 2.27. The number of carbonyl (C=O) groups excluding carboxylic acids is 2. The zero-order valence-corrected chi connectivity index (χ0v) is 21.6. The molecule has 4 rings (SSSR count). The summed E-state index contributed by atoms with van der Waals surface area (Å²) < 4.78 is 39.2. The summed E-state index contributed by atoms with van der Waals surface area (Å²) in [5, 5.41) is 5.26. The first-order valence-corrected chi connectivity index (χ1v) is 13.8. The number of anilines is 2. The van der Waals surface area contributed by atoms with Crippen LogP contribution in [0.3, 0.4) is 0 Å². The smallest absolute Gasteiger partial charge is 0.319 e. The maximum absolute atomic E-state index is 14.0. The molecule has 0 aliphatic carbocycles. The Morgan fingerprint density at radius 2 is 1.84 bits per heavy atom. The Balaban J connectivity index is 1.41. The van der Waals surface area contributed by atoms with Crippen LogP contribution in [0.5, 0.6) is 0 Å². The average Bonchev–Trinajstić information content (AvgIpc) is 2.86. The Labute approximate surface area is 219 Å². The van der Waals surface area contributed by atoms with Crippen LogP contribution in [0, 0.1) is 5.82 Å². The zero-order chi connectivity index (χ0) is 26.6. The Morgan fingerprint density at radius 3 is 2.54 bits per heavy atom. The molecule has 37 heavy (non-hydrogen) atoms. The molecular formula is C26H26ClFN4O4S. The predicted molar refractivity (Wildman–Crippen MR) is 143 cm³/mol. The summed E-state index contributed by atoms with van der Waals surface area (Å²) in [6.45, 7) is 0.704. The SMILES string of the molecule is CS(=O)(=O)NCc1cccc(-c2ccc(N3CCC[C@@H](NC(=O)Nc4ccc(Cl)cc4F)C3=O)cc2)c1. The quantitative estimate of drug-likeness (QED) is 0.406. The molecule has 194 valence electrons. The summed E-state index contributed by atoms with van der Waals surface area (Å²) in [5.41, 5.74) is 3.31. The van der Waals surface area contributed by atoms with Gasteiger partial charge in [0.2, 0.25) is 15.9 Å². The van der Waals surface area contributed by atoms with E-state index in [4.69, 9.17) is 11.6 Å². The van der Waals surface area contributed by atoms with Gasteiger partial charge in [0, 0.05) is 23.8 Å². The van der Waals surface area contributed by atoms with Crippen LogP contribution < -0.4 is 20.3 Å². The van der Waals surface area contributed by atoms with Crippen LogP contribution in [0.1, 0.15) is 18.4 Å². The third-order valence-corrected chi connectivity index (χ3v) is 6.80. The number of hydrogen-bond acceptors (Lipinski definition) is 4. The zero-order valence-electron chi connectivity index (χ0n) is 20.0. The lowest BCUT2D eigenvalue weighted by Crippen LogP contribution is -2.53. The van der Waals surface area contributed by atoms with E-state index in [1.807, 2.05) is 48.5 Å². The fourth-order valence-corrected chi connectivity index (χ4v) is 4.67. The van der Waals surface area contributed by atoms with Crippen LogP contribution in [-0.2, 0) is 21.4 Å². The molecule has 1 aliphatic heterocycles. The van der Waals surface area contributed by atoms with E-state index in [0.717, 1.165) is 29.0 Å². The van der Waals surface area contributed by atoms with Gasteiger partial charge in [-0.25, -0.2) is 22.3 Å². The number of nitrogens with zero attached hydrogens (tertiary/aromatic N) is 1. The first-order valence-electron chi connectivity index (χ1n) is 11.6. The minimum Gasteiger partial charge on any atom is -0.326 e. The lowest BCUT2D eigenvalue weighted by molar-refractivity contribution is -0.121. The maximum atomic E-state index is 14.0. The van der Waals surface area contributed by atoms with Crippen LogP contribution in [-0.4, -0.2) is 39.2 Å². The third-order valence-electron chi connectivity index (χ3n) is 5.90. The second kappa shape index (κ2) is 11.3. The molecule has 1 heterocycles. The van der Waals surface area contributed by atoms with Gasteiger partial charge in [0.15, 0.2) is 0 Å². The molecule has 3 amide bonds. The Bertz CT molecular complexity index is 1420. The first-order chi connectivity index (χ1) is 17.6. The summed E-state index contributed by atoms with van der Waals surface area (Å²) in [6, 6.07) is 17.4. The van der Waals surface area contributed by atoms with Gasteiger partial charge < -0.3 is 15.5 Å². The number of nitrogens with one attached hydrogen (secondary N) is 3. The Kier molecular flexibility index (Phi) is 8.11. The van der Waals surface area contributed by atoms with Crippen LogP contribution >= 0.6 is 11.6 Å². The van der Waals surface area contributed by atoms with E-state index in [1.54, 1.807) is 4.90 Å². The summed E-state index contributed by atoms with van der Waals surface area (Å²) in [7, 11) is -3.29. The van der Waals surface area contributed by atoms with E-state index in [9.17, 15) is 22.4 Å². The van der Waals surface area contributed by atoms with Crippen molar-refractivity contribution in [1.82, 2.24) is 10.0 Å². The fourth-order valence-electron chi connectivity index (χ4n) is 4.08. The number of sulfonamides is 1. The second-order valence-corrected chi connectivity index (χ2v) is 11.0. The first kappa shape index (κ1) is 26.6. The molecule has 11 heteroatoms. The molecular weight excluding hydrogens is 519 g/mol. The largest absolute Gasteiger partial charge is 0.326 e. The van der Waals surface area contributed by atoms with Crippen LogP contribution in [0.2, 0.25) is 5.02 Å². The van der Waals surface area contributed by atoms with Gasteiger partial charge in [-0.15, -0.1) is 0 Å². The van der Waals surface area contributed by atoms with E-state index in [-0.39, 0.29) is 23.2 Å². The van der Waals surface area contributed by atoms with Crippen molar-refractivity contribution in [2.45, 2.75) is 25.4 Å². The van der Waals surface area contributed by atoms with E-state index >= 15 is 0 Å². The number of urea groups is 1. The van der Waals surface area contributed by atoms with Crippen molar-refractivity contribution < 1.29 is 22.4 Å². The van der Waals surface area contributed by atoms with Crippen molar-refractivity contribution in [3.05, 3.63) is 83.1 Å². The molecule has 0 saturated carbocycles. The number of benzene rings is 3. The highest BCUT2D eigenvalue weighted by Gasteiger charge is 2.31. The Morgan fingerprint density at radius 1 is 1.08 bits per heavy atom. The van der Waals surface area contributed by atoms with E-state index in [2.05, 4.69) is 15.4 Å². The molecule has 1 saturated heterocycles. The fraction of sp³-hybridized carbons (Fsp3) is 0.231. The molecule has 3 aromatic carbocycles. The number of rotatable bonds is 7. The Hall–Kier alpha value is -3.47. The average molecular weight is 545 g/mol. The molecule has 0 radical (unpaired) electrons. The summed E-state index contributed by atoms with van der Waals surface area (Å²) in [6.07, 6.45) is 2.27. The van der Waals surface area contributed by atoms with Crippen molar-refractivity contribution in [2.75, 3.05) is 23.0 Å². The van der Waals surface area contributed by atoms with Crippen molar-refractivity contribution in [2.24, 2.45) is 0 Å². The minimum atomic E-state index is -3.29. The van der Waals surface area contributed by atoms with Gasteiger partial charge >= 0.3 is 6.03 Å². The number of hydrogen-bond donors (Lipinski definition) is 3. The number of halogens is 2. The minimum absolute atomic E-state index is 0.0335. The molecule has 1 aliphatic rings. The molecule has 1 atom stereocenters. The number of amides is 3. The summed E-state index contributed by atoms with van der Waals surface area (Å²) in [4.78, 5) is 27.1. The van der Waals surface area contributed by atoms with Crippen LogP contribution in [0.25, 0.3) is 11.1 Å². The van der Waals surface area contributed by atoms with Crippen molar-refractivity contribution >= 4 is 44.9 Å². The molecule has 1 fully saturated rings. The van der Waals surface area contributed by atoms with Gasteiger partial charge in [-0.05, 0) is 65.9 Å². The number of piperidine rings is 1. The van der Waals surface area contributed by atoms with Gasteiger partial charge in [0.05, 0.1) is 11.9 Å². The molecule has 8 nitrogen and oxygen atoms in total. The topological polar surface area (TPSA) is 108 Å². The molecule has 3 N–H and O–H groups in total. The normalized spacial score (nSPS) is 15.9. The summed E-state index contributed by atoms with van der Waals surface area (Å²) in [5.74, 6) is -0.920. The molecule has 0 bridgehead atoms. The lowest BCUT2D eigenvalue weighted by atomic mass is 10.0. The van der Waals surface area contributed by atoms with Gasteiger partial charge in [-0.2, -0.15) is 0 Å². The predicted octanol–water partition coefficient (Wildman–Crippen LogP) is 4.51. The second-order valence-electron chi connectivity index (χ2n) is 8.75.